The van der Waals surface area contributed by atoms with E-state index >= 15 is 0 Å². The van der Waals surface area contributed by atoms with Crippen LogP contribution in [0.2, 0.25) is 0 Å². The molecule has 0 aliphatic carbocycles. The molecule has 2 N–H and O–H groups in total. The van der Waals surface area contributed by atoms with Crippen molar-refractivity contribution in [1.29, 1.82) is 0 Å². The van der Waals surface area contributed by atoms with Crippen molar-refractivity contribution in [3.05, 3.63) is 0 Å². The zero-order valence-corrected chi connectivity index (χ0v) is 9.26. The van der Waals surface area contributed by atoms with E-state index in [1.807, 2.05) is 34.6 Å². The topological polar surface area (TPSA) is 52.3 Å². The van der Waals surface area contributed by atoms with Crippen molar-refractivity contribution in [3.8, 4) is 0 Å². The van der Waals surface area contributed by atoms with Crippen LogP contribution in [-0.4, -0.2) is 18.6 Å². The van der Waals surface area contributed by atoms with Gasteiger partial charge in [-0.1, -0.05) is 34.6 Å². The molecule has 0 amide bonds. The van der Waals surface area contributed by atoms with E-state index in [4.69, 9.17) is 10.5 Å². The summed E-state index contributed by atoms with van der Waals surface area (Å²) in [6, 6.07) is -0.536. The van der Waals surface area contributed by atoms with Gasteiger partial charge in [0.1, 0.15) is 6.04 Å². The normalized spacial score (nSPS) is 14.4. The molecule has 0 spiro atoms. The molecule has 0 fully saturated rings. The van der Waals surface area contributed by atoms with Crippen LogP contribution in [0.3, 0.4) is 0 Å². The van der Waals surface area contributed by atoms with Gasteiger partial charge in [0.2, 0.25) is 0 Å². The standard InChI is InChI=1S/C10H21NO2/c1-7(2)6-13-9(12)8(11)10(3,4)5/h7-8H,6,11H2,1-5H3/t8-/m0/s1. The number of carbonyl (C=O) groups is 1. The van der Waals surface area contributed by atoms with Crippen LogP contribution in [0, 0.1) is 11.3 Å². The first-order valence-electron chi connectivity index (χ1n) is 4.67. The lowest BCUT2D eigenvalue weighted by atomic mass is 9.87. The number of hydrogen-bond acceptors (Lipinski definition) is 3. The zero-order chi connectivity index (χ0) is 10.6. The summed E-state index contributed by atoms with van der Waals surface area (Å²) >= 11 is 0. The van der Waals surface area contributed by atoms with E-state index in [2.05, 4.69) is 0 Å². The van der Waals surface area contributed by atoms with Gasteiger partial charge in [-0.25, -0.2) is 0 Å². The van der Waals surface area contributed by atoms with E-state index in [9.17, 15) is 4.79 Å². The van der Waals surface area contributed by atoms with E-state index in [0.29, 0.717) is 12.5 Å². The van der Waals surface area contributed by atoms with Crippen LogP contribution in [-0.2, 0) is 9.53 Å². The van der Waals surface area contributed by atoms with Gasteiger partial charge < -0.3 is 10.5 Å². The smallest absolute Gasteiger partial charge is 0.323 e. The maximum Gasteiger partial charge on any atom is 0.323 e. The van der Waals surface area contributed by atoms with Gasteiger partial charge in [0.05, 0.1) is 6.61 Å². The zero-order valence-electron chi connectivity index (χ0n) is 9.26. The van der Waals surface area contributed by atoms with Gasteiger partial charge >= 0.3 is 5.97 Å². The minimum atomic E-state index is -0.536. The van der Waals surface area contributed by atoms with Gasteiger partial charge in [0.15, 0.2) is 0 Å². The third-order valence-corrected chi connectivity index (χ3v) is 1.75. The van der Waals surface area contributed by atoms with Crippen LogP contribution < -0.4 is 5.73 Å². The molecule has 0 rings (SSSR count). The minimum Gasteiger partial charge on any atom is -0.464 e. The molecule has 0 saturated carbocycles. The van der Waals surface area contributed by atoms with Crippen molar-refractivity contribution < 1.29 is 9.53 Å². The maximum absolute atomic E-state index is 11.3. The predicted molar refractivity (Wildman–Crippen MR) is 53.2 cm³/mol. The van der Waals surface area contributed by atoms with Crippen LogP contribution in [0.1, 0.15) is 34.6 Å². The molecule has 13 heavy (non-hydrogen) atoms. The molecule has 0 radical (unpaired) electrons. The number of carbonyl (C=O) groups excluding carboxylic acids is 1. The SMILES string of the molecule is CC(C)COC(=O)[C@H](N)C(C)(C)C. The molecule has 0 aliphatic rings. The minimum absolute atomic E-state index is 0.228. The lowest BCUT2D eigenvalue weighted by molar-refractivity contribution is -0.148. The fourth-order valence-corrected chi connectivity index (χ4v) is 0.692. The van der Waals surface area contributed by atoms with Gasteiger partial charge in [0.25, 0.3) is 0 Å². The molecule has 3 heteroatoms. The molecule has 0 aliphatic heterocycles. The lowest BCUT2D eigenvalue weighted by Crippen LogP contribution is -2.43. The van der Waals surface area contributed by atoms with Crippen molar-refractivity contribution in [2.24, 2.45) is 17.1 Å². The highest BCUT2D eigenvalue weighted by atomic mass is 16.5. The second-order valence-electron chi connectivity index (χ2n) is 4.87. The van der Waals surface area contributed by atoms with Crippen molar-refractivity contribution in [2.45, 2.75) is 40.7 Å². The summed E-state index contributed by atoms with van der Waals surface area (Å²) in [6.07, 6.45) is 0. The summed E-state index contributed by atoms with van der Waals surface area (Å²) in [5, 5.41) is 0. The number of nitrogens with two attached hydrogens (primary N) is 1. The fourth-order valence-electron chi connectivity index (χ4n) is 0.692. The number of hydrogen-bond donors (Lipinski definition) is 1. The summed E-state index contributed by atoms with van der Waals surface area (Å²) in [5.41, 5.74) is 5.48. The second kappa shape index (κ2) is 4.61. The van der Waals surface area contributed by atoms with Gasteiger partial charge in [-0.2, -0.15) is 0 Å². The Balaban J connectivity index is 3.98. The Hall–Kier alpha value is -0.570. The molecule has 0 heterocycles. The van der Waals surface area contributed by atoms with Crippen LogP contribution in [0.5, 0.6) is 0 Å². The van der Waals surface area contributed by atoms with Gasteiger partial charge in [0, 0.05) is 0 Å². The summed E-state index contributed by atoms with van der Waals surface area (Å²) < 4.78 is 5.03. The van der Waals surface area contributed by atoms with Crippen LogP contribution in [0.4, 0.5) is 0 Å². The average molecular weight is 187 g/mol. The molecule has 0 aromatic carbocycles. The van der Waals surface area contributed by atoms with Crippen molar-refractivity contribution in [3.63, 3.8) is 0 Å². The van der Waals surface area contributed by atoms with Crippen LogP contribution in [0.15, 0.2) is 0 Å². The first kappa shape index (κ1) is 12.4. The number of esters is 1. The highest BCUT2D eigenvalue weighted by Gasteiger charge is 2.28. The van der Waals surface area contributed by atoms with E-state index in [1.165, 1.54) is 0 Å². The Morgan fingerprint density at radius 2 is 1.85 bits per heavy atom. The second-order valence-corrected chi connectivity index (χ2v) is 4.87. The average Bonchev–Trinajstić information content (AvgIpc) is 1.96. The van der Waals surface area contributed by atoms with E-state index in [0.717, 1.165) is 0 Å². The van der Waals surface area contributed by atoms with Crippen molar-refractivity contribution in [1.82, 2.24) is 0 Å². The molecule has 0 bridgehead atoms. The summed E-state index contributed by atoms with van der Waals surface area (Å²) in [4.78, 5) is 11.3. The summed E-state index contributed by atoms with van der Waals surface area (Å²) in [6.45, 7) is 10.2. The molecule has 0 aromatic heterocycles. The molecular weight excluding hydrogens is 166 g/mol. The van der Waals surface area contributed by atoms with Gasteiger partial charge in [-0.15, -0.1) is 0 Å². The number of rotatable bonds is 3. The number of ether oxygens (including phenoxy) is 1. The molecule has 78 valence electrons. The first-order valence-corrected chi connectivity index (χ1v) is 4.67. The quantitative estimate of drug-likeness (QED) is 0.682. The van der Waals surface area contributed by atoms with E-state index < -0.39 is 6.04 Å². The third kappa shape index (κ3) is 4.88. The van der Waals surface area contributed by atoms with Gasteiger partial charge in [-0.05, 0) is 11.3 Å². The molecule has 0 saturated heterocycles. The summed E-state index contributed by atoms with van der Waals surface area (Å²) in [7, 11) is 0. The van der Waals surface area contributed by atoms with Gasteiger partial charge in [-0.3, -0.25) is 4.79 Å². The third-order valence-electron chi connectivity index (χ3n) is 1.75. The summed E-state index contributed by atoms with van der Waals surface area (Å²) in [5.74, 6) is 0.0531. The molecule has 0 unspecified atom stereocenters. The van der Waals surface area contributed by atoms with E-state index in [-0.39, 0.29) is 11.4 Å². The molecule has 0 aromatic rings. The van der Waals surface area contributed by atoms with E-state index in [1.54, 1.807) is 0 Å². The van der Waals surface area contributed by atoms with Crippen LogP contribution in [0.25, 0.3) is 0 Å². The Kier molecular flexibility index (Phi) is 4.40. The molecule has 1 atom stereocenters. The maximum atomic E-state index is 11.3. The molecule has 3 nitrogen and oxygen atoms in total. The van der Waals surface area contributed by atoms with Crippen molar-refractivity contribution >= 4 is 5.97 Å². The monoisotopic (exact) mass is 187 g/mol. The van der Waals surface area contributed by atoms with Crippen molar-refractivity contribution in [2.75, 3.05) is 6.61 Å². The van der Waals surface area contributed by atoms with Crippen LogP contribution >= 0.6 is 0 Å². The lowest BCUT2D eigenvalue weighted by Gasteiger charge is -2.25. The Morgan fingerprint density at radius 3 is 2.15 bits per heavy atom. The Morgan fingerprint density at radius 1 is 1.38 bits per heavy atom. The predicted octanol–water partition coefficient (Wildman–Crippen LogP) is 1.56. The largest absolute Gasteiger partial charge is 0.464 e. The highest BCUT2D eigenvalue weighted by Crippen LogP contribution is 2.18. The fraction of sp³-hybridized carbons (Fsp3) is 0.900. The Labute approximate surface area is 80.6 Å². The first-order chi connectivity index (χ1) is 5.75. The Bertz CT molecular complexity index is 170. The molecular formula is C10H21NO2. The highest BCUT2D eigenvalue weighted by molar-refractivity contribution is 5.76.